The standard InChI is InChI=1S/C25H31N5O4S.2C23H26N4O3/c1-5-9-19(14-22(31)27-35(33,34)6-2)30-24-21(12-8-13-26-24)29(25(30)32)16-18-15-28(4)20-11-7-10-17(3)23(18)20;1-4-7-17(12-20(28)29)27-19-10-6-11-24-22(19)26(23(27)30)14-16-13-25(3)18-9-5-8-15(2)21(16)18;1-4-7-17(12-20(28)29)27-22-19(10-6-11-24-22)26(23(27)30)14-16-13-25(3)18-9-5-8-15(2)21(16)18/h7-8,10-13,15,19H,5-6,9,14,16H2,1-4H3,(H,27,31);2*5-6,8-11,13,17H,4,7,12,14H2,1-3H3,(H,28,29)/t19-;2*17-/m000/s1. The van der Waals surface area contributed by atoms with Crippen molar-refractivity contribution in [3.63, 3.8) is 0 Å². The smallest absolute Gasteiger partial charge is 0.330 e. The number of fused-ring (bicyclic) bond motifs is 6. The van der Waals surface area contributed by atoms with Crippen molar-refractivity contribution in [1.82, 2.24) is 60.8 Å². The lowest BCUT2D eigenvalue weighted by Crippen LogP contribution is -2.35. The van der Waals surface area contributed by atoms with Crippen LogP contribution in [0.1, 0.15) is 137 Å². The number of carbonyl (C=O) groups excluding carboxylic acids is 1. The molecule has 3 N–H and O–H groups in total. The van der Waals surface area contributed by atoms with Crippen molar-refractivity contribution in [1.29, 1.82) is 0 Å². The number of nitrogens with zero attached hydrogens (tertiary/aromatic N) is 12. The Hall–Kier alpha value is -10.1. The number of aromatic nitrogens is 12. The van der Waals surface area contributed by atoms with Crippen LogP contribution in [0.15, 0.2) is 143 Å². The van der Waals surface area contributed by atoms with Gasteiger partial charge in [-0.05, 0) is 135 Å². The fourth-order valence-corrected chi connectivity index (χ4v) is 14.3. The van der Waals surface area contributed by atoms with E-state index >= 15 is 0 Å². The van der Waals surface area contributed by atoms with Gasteiger partial charge in [-0.2, -0.15) is 0 Å². The highest BCUT2D eigenvalue weighted by Crippen LogP contribution is 2.32. The second-order valence-electron chi connectivity index (χ2n) is 24.6. The summed E-state index contributed by atoms with van der Waals surface area (Å²) in [5, 5.41) is 22.2. The molecule has 12 aromatic rings. The molecule has 0 radical (unpaired) electrons. The molecule has 0 unspecified atom stereocenters. The summed E-state index contributed by atoms with van der Waals surface area (Å²) in [6.45, 7) is 14.8. The fraction of sp³-hybridized carbons (Fsp3) is 0.366. The Labute approximate surface area is 549 Å². The van der Waals surface area contributed by atoms with E-state index in [0.717, 1.165) is 84.4 Å². The van der Waals surface area contributed by atoms with Gasteiger partial charge in [-0.1, -0.05) is 76.4 Å². The number of nitrogens with one attached hydrogen (secondary N) is 1. The van der Waals surface area contributed by atoms with Gasteiger partial charge in [0.05, 0.1) is 60.8 Å². The Morgan fingerprint density at radius 2 is 0.789 bits per heavy atom. The summed E-state index contributed by atoms with van der Waals surface area (Å²) in [7, 11) is 2.31. The number of hydrogen-bond acceptors (Lipinski definition) is 11. The molecule has 24 heteroatoms. The molecule has 498 valence electrons. The van der Waals surface area contributed by atoms with Gasteiger partial charge in [0, 0.05) is 110 Å². The Morgan fingerprint density at radius 1 is 0.453 bits per heavy atom. The van der Waals surface area contributed by atoms with E-state index in [1.807, 2.05) is 90.6 Å². The topological polar surface area (TPSA) is 272 Å². The Bertz CT molecular complexity index is 4960. The number of pyridine rings is 3. The number of amides is 1. The fourth-order valence-electron chi connectivity index (χ4n) is 13.7. The lowest BCUT2D eigenvalue weighted by Gasteiger charge is -2.17. The third-order valence-electron chi connectivity index (χ3n) is 17.9. The zero-order chi connectivity index (χ0) is 68.2. The Balaban J connectivity index is 0.000000156. The van der Waals surface area contributed by atoms with E-state index in [1.54, 1.807) is 58.1 Å². The van der Waals surface area contributed by atoms with E-state index < -0.39 is 46.0 Å². The second kappa shape index (κ2) is 28.6. The number of aryl methyl sites for hydroxylation is 6. The highest BCUT2D eigenvalue weighted by molar-refractivity contribution is 7.90. The summed E-state index contributed by atoms with van der Waals surface area (Å²) in [4.78, 5) is 89.7. The number of benzene rings is 3. The monoisotopic (exact) mass is 1310 g/mol. The van der Waals surface area contributed by atoms with E-state index in [-0.39, 0.29) is 42.1 Å². The van der Waals surface area contributed by atoms with E-state index in [1.165, 1.54) is 6.92 Å². The number of hydrogen-bond donors (Lipinski definition) is 3. The van der Waals surface area contributed by atoms with Gasteiger partial charge < -0.3 is 23.9 Å². The van der Waals surface area contributed by atoms with Crippen LogP contribution in [0.4, 0.5) is 0 Å². The zero-order valence-electron chi connectivity index (χ0n) is 55.5. The molecule has 12 rings (SSSR count). The summed E-state index contributed by atoms with van der Waals surface area (Å²) >= 11 is 0. The molecule has 0 aliphatic carbocycles. The van der Waals surface area contributed by atoms with Crippen molar-refractivity contribution < 1.29 is 33.0 Å². The van der Waals surface area contributed by atoms with Crippen molar-refractivity contribution in [3.8, 4) is 0 Å². The molecule has 9 heterocycles. The number of aliphatic carboxylic acids is 2. The highest BCUT2D eigenvalue weighted by Gasteiger charge is 2.28. The largest absolute Gasteiger partial charge is 0.481 e. The van der Waals surface area contributed by atoms with Gasteiger partial charge in [-0.15, -0.1) is 0 Å². The summed E-state index contributed by atoms with van der Waals surface area (Å²) in [5.41, 5.74) is 12.9. The lowest BCUT2D eigenvalue weighted by molar-refractivity contribution is -0.139. The van der Waals surface area contributed by atoms with Gasteiger partial charge in [-0.25, -0.2) is 37.8 Å². The van der Waals surface area contributed by atoms with Gasteiger partial charge in [0.2, 0.25) is 15.9 Å². The highest BCUT2D eigenvalue weighted by atomic mass is 32.2. The summed E-state index contributed by atoms with van der Waals surface area (Å²) in [5.74, 6) is -2.64. The van der Waals surface area contributed by atoms with Crippen LogP contribution in [-0.4, -0.2) is 98.3 Å². The van der Waals surface area contributed by atoms with Gasteiger partial charge in [0.25, 0.3) is 0 Å². The first-order chi connectivity index (χ1) is 45.5. The molecule has 9 aromatic heterocycles. The number of rotatable bonds is 23. The molecule has 0 saturated carbocycles. The number of carboxylic acid groups (broad SMARTS) is 2. The molecule has 0 spiro atoms. The number of sulfonamides is 1. The quantitative estimate of drug-likeness (QED) is 0.0538. The van der Waals surface area contributed by atoms with Crippen LogP contribution in [0.2, 0.25) is 0 Å². The van der Waals surface area contributed by atoms with E-state index in [9.17, 15) is 47.4 Å². The van der Waals surface area contributed by atoms with Crippen molar-refractivity contribution in [2.24, 2.45) is 21.1 Å². The average Bonchev–Trinajstić information content (AvgIpc) is 1.62. The number of carboxylic acids is 2. The molecule has 0 aliphatic heterocycles. The van der Waals surface area contributed by atoms with E-state index in [2.05, 4.69) is 103 Å². The van der Waals surface area contributed by atoms with Crippen LogP contribution in [0.3, 0.4) is 0 Å². The van der Waals surface area contributed by atoms with E-state index in [4.69, 9.17) is 0 Å². The first-order valence-electron chi connectivity index (χ1n) is 32.3. The lowest BCUT2D eigenvalue weighted by atomic mass is 10.1. The van der Waals surface area contributed by atoms with Crippen LogP contribution >= 0.6 is 0 Å². The summed E-state index contributed by atoms with van der Waals surface area (Å²) in [6, 6.07) is 28.1. The molecule has 3 aromatic carbocycles. The molecule has 1 amide bonds. The molecule has 23 nitrogen and oxygen atoms in total. The second-order valence-corrected chi connectivity index (χ2v) is 26.6. The molecule has 0 saturated heterocycles. The average molecular weight is 1310 g/mol. The minimum atomic E-state index is -3.68. The molecule has 0 aliphatic rings. The molecule has 3 atom stereocenters. The Morgan fingerprint density at radius 3 is 1.17 bits per heavy atom. The summed E-state index contributed by atoms with van der Waals surface area (Å²) in [6.07, 6.45) is 14.8. The Kier molecular flexibility index (Phi) is 20.4. The number of carbonyl (C=O) groups is 3. The predicted octanol–water partition coefficient (Wildman–Crippen LogP) is 11.0. The van der Waals surface area contributed by atoms with Crippen molar-refractivity contribution in [2.45, 2.75) is 144 Å². The van der Waals surface area contributed by atoms with Crippen LogP contribution in [0.25, 0.3) is 66.2 Å². The van der Waals surface area contributed by atoms with Gasteiger partial charge in [-0.3, -0.25) is 46.5 Å². The van der Waals surface area contributed by atoms with Crippen molar-refractivity contribution in [2.75, 3.05) is 5.75 Å². The first kappa shape index (κ1) is 67.8. The molecule has 95 heavy (non-hydrogen) atoms. The van der Waals surface area contributed by atoms with Crippen LogP contribution in [-0.2, 0) is 65.2 Å². The van der Waals surface area contributed by atoms with Gasteiger partial charge in [0.15, 0.2) is 16.9 Å². The molecular weight excluding hydrogens is 1230 g/mol. The first-order valence-corrected chi connectivity index (χ1v) is 33.9. The third-order valence-corrected chi connectivity index (χ3v) is 19.2. The minimum absolute atomic E-state index is 0.0882. The normalized spacial score (nSPS) is 12.7. The molecule has 0 bridgehead atoms. The number of imidazole rings is 3. The van der Waals surface area contributed by atoms with Crippen LogP contribution in [0, 0.1) is 20.8 Å². The van der Waals surface area contributed by atoms with Gasteiger partial charge in [0.1, 0.15) is 0 Å². The predicted molar refractivity (Wildman–Crippen MR) is 371 cm³/mol. The van der Waals surface area contributed by atoms with Crippen molar-refractivity contribution >= 4 is 94.1 Å². The summed E-state index contributed by atoms with van der Waals surface area (Å²) < 4.78 is 41.9. The van der Waals surface area contributed by atoms with Crippen molar-refractivity contribution in [3.05, 3.63) is 193 Å². The van der Waals surface area contributed by atoms with Crippen LogP contribution < -0.4 is 21.8 Å². The zero-order valence-corrected chi connectivity index (χ0v) is 56.3. The van der Waals surface area contributed by atoms with Gasteiger partial charge >= 0.3 is 29.0 Å². The maximum absolute atomic E-state index is 13.8. The molecule has 0 fully saturated rings. The minimum Gasteiger partial charge on any atom is -0.481 e. The third kappa shape index (κ3) is 13.8. The van der Waals surface area contributed by atoms with Crippen LogP contribution in [0.5, 0.6) is 0 Å². The van der Waals surface area contributed by atoms with E-state index in [0.29, 0.717) is 73.3 Å². The maximum Gasteiger partial charge on any atom is 0.330 e. The SMILES string of the molecule is CCC[C@@H](CC(=O)NS(=O)(=O)CC)n1c(=O)n(Cc2cn(C)c3cccc(C)c23)c2cccnc21.CCC[C@@H](CC(=O)O)n1c(=O)n(Cc2cn(C)c3cccc(C)c23)c2cccnc21.CCC[C@@H](CC(=O)O)n1c(=O)n(Cc2cn(C)c3cccc(C)c23)c2ncccc21. The maximum atomic E-state index is 13.8. The molecular formula is C71H83N13O10S.